The van der Waals surface area contributed by atoms with Crippen LogP contribution in [-0.4, -0.2) is 16.4 Å². The fourth-order valence-electron chi connectivity index (χ4n) is 1.82. The maximum Gasteiger partial charge on any atom is 0.183 e. The molecule has 19 heavy (non-hydrogen) atoms. The first-order valence-electron chi connectivity index (χ1n) is 5.80. The fourth-order valence-corrected chi connectivity index (χ4v) is 2.15. The van der Waals surface area contributed by atoms with Crippen molar-refractivity contribution in [1.82, 2.24) is 10.3 Å². The van der Waals surface area contributed by atoms with Gasteiger partial charge in [-0.05, 0) is 43.9 Å². The molecule has 0 aliphatic rings. The molecule has 0 saturated carbocycles. The summed E-state index contributed by atoms with van der Waals surface area (Å²) < 4.78 is 0. The van der Waals surface area contributed by atoms with Crippen LogP contribution in [0.2, 0.25) is 0 Å². The van der Waals surface area contributed by atoms with E-state index in [1.165, 1.54) is 11.8 Å². The van der Waals surface area contributed by atoms with E-state index in [0.29, 0.717) is 5.17 Å². The van der Waals surface area contributed by atoms with Crippen LogP contribution in [0.15, 0.2) is 29.3 Å². The van der Waals surface area contributed by atoms with E-state index in [2.05, 4.69) is 15.3 Å². The molecule has 0 atom stereocenters. The lowest BCUT2D eigenvalue weighted by atomic mass is 10.1. The monoisotopic (exact) mass is 270 g/mol. The Balaban J connectivity index is 2.65. The number of amidine groups is 1. The average Bonchev–Trinajstić information content (AvgIpc) is 2.41. The van der Waals surface area contributed by atoms with Crippen LogP contribution in [0.4, 0.5) is 5.69 Å². The SMILES string of the molecule is CSC(=Nc1c(C)ccc2nc(C)ccc12)NC#N. The summed E-state index contributed by atoms with van der Waals surface area (Å²) in [5.41, 5.74) is 3.81. The van der Waals surface area contributed by atoms with Crippen molar-refractivity contribution in [3.8, 4) is 6.19 Å². The van der Waals surface area contributed by atoms with Crippen molar-refractivity contribution >= 4 is 33.5 Å². The summed E-state index contributed by atoms with van der Waals surface area (Å²) >= 11 is 1.41. The Labute approximate surface area is 116 Å². The number of hydrogen-bond acceptors (Lipinski definition) is 4. The molecule has 1 aromatic carbocycles. The Morgan fingerprint density at radius 1 is 1.32 bits per heavy atom. The van der Waals surface area contributed by atoms with Crippen molar-refractivity contribution in [2.45, 2.75) is 13.8 Å². The molecule has 0 bridgehead atoms. The quantitative estimate of drug-likeness (QED) is 0.374. The van der Waals surface area contributed by atoms with Gasteiger partial charge >= 0.3 is 0 Å². The molecule has 1 heterocycles. The molecule has 0 unspecified atom stereocenters. The molecule has 1 aromatic heterocycles. The Hall–Kier alpha value is -2.06. The van der Waals surface area contributed by atoms with Crippen LogP contribution in [-0.2, 0) is 0 Å². The van der Waals surface area contributed by atoms with E-state index in [0.717, 1.165) is 27.8 Å². The van der Waals surface area contributed by atoms with Crippen LogP contribution in [0, 0.1) is 25.3 Å². The summed E-state index contributed by atoms with van der Waals surface area (Å²) in [6, 6.07) is 7.98. The number of aromatic nitrogens is 1. The zero-order valence-corrected chi connectivity index (χ0v) is 11.9. The summed E-state index contributed by atoms with van der Waals surface area (Å²) in [4.78, 5) is 9.03. The van der Waals surface area contributed by atoms with Gasteiger partial charge in [0.25, 0.3) is 0 Å². The fraction of sp³-hybridized carbons (Fsp3) is 0.214. The number of benzene rings is 1. The Morgan fingerprint density at radius 2 is 2.11 bits per heavy atom. The molecule has 1 N–H and O–H groups in total. The molecule has 0 aliphatic heterocycles. The van der Waals surface area contributed by atoms with Crippen LogP contribution < -0.4 is 5.32 Å². The Morgan fingerprint density at radius 3 is 2.79 bits per heavy atom. The standard InChI is InChI=1S/C14H14N4S/c1-9-4-7-12-11(6-5-10(2)17-12)13(9)18-14(19-3)16-8-15/h4-7H,1-3H3,(H,16,18). The zero-order valence-electron chi connectivity index (χ0n) is 11.1. The van der Waals surface area contributed by atoms with Gasteiger partial charge in [0.15, 0.2) is 11.4 Å². The molecule has 0 fully saturated rings. The van der Waals surface area contributed by atoms with Gasteiger partial charge in [0, 0.05) is 11.1 Å². The smallest absolute Gasteiger partial charge is 0.183 e. The van der Waals surface area contributed by atoms with Gasteiger partial charge in [0.1, 0.15) is 0 Å². The van der Waals surface area contributed by atoms with Crippen LogP contribution in [0.3, 0.4) is 0 Å². The molecular formula is C14H14N4S. The van der Waals surface area contributed by atoms with Crippen LogP contribution in [0.25, 0.3) is 10.9 Å². The van der Waals surface area contributed by atoms with Gasteiger partial charge in [0.2, 0.25) is 0 Å². The largest absolute Gasteiger partial charge is 0.271 e. The molecule has 0 aliphatic carbocycles. The summed E-state index contributed by atoms with van der Waals surface area (Å²) in [7, 11) is 0. The summed E-state index contributed by atoms with van der Waals surface area (Å²) in [5.74, 6) is 0. The van der Waals surface area contributed by atoms with Crippen molar-refractivity contribution in [3.05, 3.63) is 35.5 Å². The van der Waals surface area contributed by atoms with Crippen molar-refractivity contribution in [3.63, 3.8) is 0 Å². The lowest BCUT2D eigenvalue weighted by Gasteiger charge is -2.07. The second-order valence-electron chi connectivity index (χ2n) is 4.11. The first kappa shape index (κ1) is 13.4. The molecule has 2 aromatic rings. The molecule has 2 rings (SSSR count). The molecule has 0 radical (unpaired) electrons. The van der Waals surface area contributed by atoms with Crippen molar-refractivity contribution in [2.75, 3.05) is 6.26 Å². The van der Waals surface area contributed by atoms with Crippen LogP contribution in [0.1, 0.15) is 11.3 Å². The van der Waals surface area contributed by atoms with Crippen LogP contribution >= 0.6 is 11.8 Å². The van der Waals surface area contributed by atoms with Crippen molar-refractivity contribution < 1.29 is 0 Å². The highest BCUT2D eigenvalue weighted by molar-refractivity contribution is 8.13. The lowest BCUT2D eigenvalue weighted by molar-refractivity contribution is 1.24. The van der Waals surface area contributed by atoms with E-state index in [9.17, 15) is 0 Å². The summed E-state index contributed by atoms with van der Waals surface area (Å²) in [6.45, 7) is 3.97. The van der Waals surface area contributed by atoms with Gasteiger partial charge in [-0.25, -0.2) is 4.99 Å². The Bertz CT molecular complexity index is 686. The molecule has 5 heteroatoms. The number of aliphatic imine (C=N–C) groups is 1. The van der Waals surface area contributed by atoms with E-state index in [4.69, 9.17) is 5.26 Å². The average molecular weight is 270 g/mol. The highest BCUT2D eigenvalue weighted by atomic mass is 32.2. The van der Waals surface area contributed by atoms with Gasteiger partial charge in [-0.2, -0.15) is 5.26 Å². The number of aryl methyl sites for hydroxylation is 2. The van der Waals surface area contributed by atoms with Gasteiger partial charge in [-0.3, -0.25) is 10.3 Å². The maximum atomic E-state index is 8.70. The molecular weight excluding hydrogens is 256 g/mol. The third-order valence-corrected chi connectivity index (χ3v) is 3.33. The topological polar surface area (TPSA) is 61.1 Å². The van der Waals surface area contributed by atoms with Gasteiger partial charge < -0.3 is 0 Å². The minimum atomic E-state index is 0.582. The van der Waals surface area contributed by atoms with E-state index in [1.54, 1.807) is 0 Å². The van der Waals surface area contributed by atoms with Gasteiger partial charge in [-0.15, -0.1) is 0 Å². The van der Waals surface area contributed by atoms with E-state index in [-0.39, 0.29) is 0 Å². The van der Waals surface area contributed by atoms with Crippen molar-refractivity contribution in [2.24, 2.45) is 4.99 Å². The number of thioether (sulfide) groups is 1. The number of pyridine rings is 1. The first-order valence-corrected chi connectivity index (χ1v) is 7.03. The Kier molecular flexibility index (Phi) is 4.03. The normalized spacial score (nSPS) is 11.4. The minimum Gasteiger partial charge on any atom is -0.271 e. The zero-order chi connectivity index (χ0) is 13.8. The highest BCUT2D eigenvalue weighted by Crippen LogP contribution is 2.29. The minimum absolute atomic E-state index is 0.582. The number of nitrogens with one attached hydrogen (secondary N) is 1. The second-order valence-corrected chi connectivity index (χ2v) is 4.90. The number of hydrogen-bond donors (Lipinski definition) is 1. The number of nitriles is 1. The lowest BCUT2D eigenvalue weighted by Crippen LogP contribution is -2.12. The van der Waals surface area contributed by atoms with Crippen LogP contribution in [0.5, 0.6) is 0 Å². The second kappa shape index (κ2) is 5.72. The number of rotatable bonds is 1. The molecule has 0 spiro atoms. The molecule has 0 saturated heterocycles. The van der Waals surface area contributed by atoms with E-state index in [1.807, 2.05) is 50.6 Å². The molecule has 96 valence electrons. The summed E-state index contributed by atoms with van der Waals surface area (Å²) in [6.07, 6.45) is 3.78. The van der Waals surface area contributed by atoms with Crippen molar-refractivity contribution in [1.29, 1.82) is 5.26 Å². The third-order valence-electron chi connectivity index (χ3n) is 2.75. The van der Waals surface area contributed by atoms with Gasteiger partial charge in [0.05, 0.1) is 11.2 Å². The highest BCUT2D eigenvalue weighted by Gasteiger charge is 2.06. The number of fused-ring (bicyclic) bond motifs is 1. The maximum absolute atomic E-state index is 8.70. The van der Waals surface area contributed by atoms with E-state index < -0.39 is 0 Å². The number of nitrogens with zero attached hydrogens (tertiary/aromatic N) is 3. The third kappa shape index (κ3) is 2.85. The van der Waals surface area contributed by atoms with Gasteiger partial charge in [-0.1, -0.05) is 17.8 Å². The predicted octanol–water partition coefficient (Wildman–Crippen LogP) is 3.27. The van der Waals surface area contributed by atoms with E-state index >= 15 is 0 Å². The molecule has 0 amide bonds. The summed E-state index contributed by atoms with van der Waals surface area (Å²) in [5, 5.41) is 12.9. The molecule has 4 nitrogen and oxygen atoms in total. The first-order chi connectivity index (χ1) is 9.15. The predicted molar refractivity (Wildman–Crippen MR) is 80.6 cm³/mol.